The maximum absolute atomic E-state index is 12.7. The summed E-state index contributed by atoms with van der Waals surface area (Å²) < 4.78 is 0. The number of nitrogens with zero attached hydrogens (tertiary/aromatic N) is 1. The van der Waals surface area contributed by atoms with Gasteiger partial charge in [-0.1, -0.05) is 30.7 Å². The second-order valence-electron chi connectivity index (χ2n) is 8.67. The lowest BCUT2D eigenvalue weighted by molar-refractivity contribution is -0.123. The Morgan fingerprint density at radius 2 is 1.89 bits per heavy atom. The number of piperidine rings is 2. The number of nitrogens with one attached hydrogen (secondary N) is 2. The summed E-state index contributed by atoms with van der Waals surface area (Å²) in [5.41, 5.74) is 2.96. The molecule has 4 nitrogen and oxygen atoms in total. The average Bonchev–Trinajstić information content (AvgIpc) is 3.36. The summed E-state index contributed by atoms with van der Waals surface area (Å²) in [7, 11) is 0. The van der Waals surface area contributed by atoms with Gasteiger partial charge < -0.3 is 10.6 Å². The highest BCUT2D eigenvalue weighted by atomic mass is 35.5. The molecular weight excluding hydrogens is 393 g/mol. The van der Waals surface area contributed by atoms with Crippen molar-refractivity contribution in [1.82, 2.24) is 15.5 Å². The minimum atomic E-state index is 0. The van der Waals surface area contributed by atoms with Crippen LogP contribution < -0.4 is 10.6 Å². The van der Waals surface area contributed by atoms with Crippen molar-refractivity contribution in [3.63, 3.8) is 0 Å². The number of halogens is 2. The van der Waals surface area contributed by atoms with E-state index < -0.39 is 0 Å². The van der Waals surface area contributed by atoms with E-state index in [2.05, 4.69) is 46.7 Å². The minimum Gasteiger partial charge on any atom is -0.352 e. The fraction of sp³-hybridized carbons (Fsp3) is 0.682. The van der Waals surface area contributed by atoms with E-state index in [0.29, 0.717) is 18.0 Å². The number of carbonyl (C=O) groups is 1. The number of carbonyl (C=O) groups excluding carboxylic acids is 1. The Bertz CT molecular complexity index is 648. The van der Waals surface area contributed by atoms with Gasteiger partial charge in [-0.15, -0.1) is 24.8 Å². The second-order valence-corrected chi connectivity index (χ2v) is 8.67. The maximum Gasteiger partial charge on any atom is 0.223 e. The third-order valence-electron chi connectivity index (χ3n) is 6.99. The van der Waals surface area contributed by atoms with Crippen LogP contribution in [0, 0.1) is 11.3 Å². The van der Waals surface area contributed by atoms with Gasteiger partial charge in [0.2, 0.25) is 5.91 Å². The van der Waals surface area contributed by atoms with E-state index in [1.54, 1.807) is 0 Å². The lowest BCUT2D eigenvalue weighted by Gasteiger charge is -2.33. The van der Waals surface area contributed by atoms with Crippen LogP contribution in [0.25, 0.3) is 0 Å². The first kappa shape index (κ1) is 23.5. The quantitative estimate of drug-likeness (QED) is 0.748. The normalized spacial score (nSPS) is 26.0. The largest absolute Gasteiger partial charge is 0.352 e. The van der Waals surface area contributed by atoms with Crippen LogP contribution in [0.3, 0.4) is 0 Å². The molecule has 4 rings (SSSR count). The molecule has 2 heterocycles. The smallest absolute Gasteiger partial charge is 0.223 e. The molecule has 1 aromatic carbocycles. The number of amides is 1. The molecule has 2 N–H and O–H groups in total. The van der Waals surface area contributed by atoms with Gasteiger partial charge in [-0.3, -0.25) is 9.69 Å². The zero-order chi connectivity index (χ0) is 18.0. The molecule has 3 fully saturated rings. The summed E-state index contributed by atoms with van der Waals surface area (Å²) in [6.45, 7) is 7.35. The topological polar surface area (TPSA) is 44.4 Å². The van der Waals surface area contributed by atoms with Gasteiger partial charge in [-0.25, -0.2) is 0 Å². The first-order valence-electron chi connectivity index (χ1n) is 10.5. The zero-order valence-corrected chi connectivity index (χ0v) is 18.5. The van der Waals surface area contributed by atoms with Gasteiger partial charge in [-0.05, 0) is 75.2 Å². The number of hydrogen-bond donors (Lipinski definition) is 2. The van der Waals surface area contributed by atoms with E-state index >= 15 is 0 Å². The van der Waals surface area contributed by atoms with E-state index in [4.69, 9.17) is 0 Å². The Labute approximate surface area is 182 Å². The van der Waals surface area contributed by atoms with Crippen LogP contribution in [0.2, 0.25) is 0 Å². The Morgan fingerprint density at radius 1 is 1.18 bits per heavy atom. The second kappa shape index (κ2) is 10.3. The van der Waals surface area contributed by atoms with E-state index in [-0.39, 0.29) is 36.6 Å². The minimum absolute atomic E-state index is 0. The summed E-state index contributed by atoms with van der Waals surface area (Å²) >= 11 is 0. The summed E-state index contributed by atoms with van der Waals surface area (Å²) in [6, 6.07) is 9.29. The van der Waals surface area contributed by atoms with Crippen LogP contribution in [0.5, 0.6) is 0 Å². The Hall–Kier alpha value is -0.810. The highest BCUT2D eigenvalue weighted by Gasteiger charge is 2.57. The standard InChI is InChI=1S/C22H33N3O.2ClH/c1-17-6-4-5-13-25(17)16-19-8-3-2-7-18(19)15-24-21(26)20-14-22(20)9-11-23-12-10-22;;/h2-3,7-8,17,20,23H,4-6,9-16H2,1H3,(H,24,26);2*1H. The van der Waals surface area contributed by atoms with Gasteiger partial charge in [0.15, 0.2) is 0 Å². The molecule has 28 heavy (non-hydrogen) atoms. The van der Waals surface area contributed by atoms with Crippen LogP contribution >= 0.6 is 24.8 Å². The van der Waals surface area contributed by atoms with Gasteiger partial charge in [0.05, 0.1) is 0 Å². The number of likely N-dealkylation sites (tertiary alicyclic amines) is 1. The fourth-order valence-corrected chi connectivity index (χ4v) is 5.00. The van der Waals surface area contributed by atoms with Gasteiger partial charge in [-0.2, -0.15) is 0 Å². The van der Waals surface area contributed by atoms with E-state index in [0.717, 1.165) is 38.9 Å². The van der Waals surface area contributed by atoms with Crippen LogP contribution in [0.4, 0.5) is 0 Å². The first-order valence-corrected chi connectivity index (χ1v) is 10.5. The molecule has 2 unspecified atom stereocenters. The number of hydrogen-bond acceptors (Lipinski definition) is 3. The highest BCUT2D eigenvalue weighted by molar-refractivity contribution is 5.85. The van der Waals surface area contributed by atoms with Gasteiger partial charge in [0, 0.05) is 25.0 Å². The Morgan fingerprint density at radius 3 is 2.61 bits per heavy atom. The average molecular weight is 428 g/mol. The van der Waals surface area contributed by atoms with Crippen LogP contribution in [0.1, 0.15) is 56.6 Å². The molecule has 2 saturated heterocycles. The molecule has 1 aromatic rings. The molecular formula is C22H35Cl2N3O. The van der Waals surface area contributed by atoms with Crippen molar-refractivity contribution in [2.24, 2.45) is 11.3 Å². The van der Waals surface area contributed by atoms with Crippen LogP contribution in [0.15, 0.2) is 24.3 Å². The zero-order valence-electron chi connectivity index (χ0n) is 16.9. The molecule has 0 bridgehead atoms. The van der Waals surface area contributed by atoms with Crippen LogP contribution in [-0.4, -0.2) is 36.5 Å². The third-order valence-corrected chi connectivity index (χ3v) is 6.99. The third kappa shape index (κ3) is 5.21. The van der Waals surface area contributed by atoms with Crippen molar-refractivity contribution in [2.45, 2.75) is 64.6 Å². The molecule has 1 aliphatic carbocycles. The monoisotopic (exact) mass is 427 g/mol. The maximum atomic E-state index is 12.7. The van der Waals surface area contributed by atoms with E-state index in [9.17, 15) is 4.79 Å². The van der Waals surface area contributed by atoms with Crippen molar-refractivity contribution in [1.29, 1.82) is 0 Å². The molecule has 0 aromatic heterocycles. The molecule has 1 amide bonds. The Balaban J connectivity index is 0.00000140. The lowest BCUT2D eigenvalue weighted by Crippen LogP contribution is -2.37. The number of benzene rings is 1. The predicted molar refractivity (Wildman–Crippen MR) is 119 cm³/mol. The SMILES string of the molecule is CC1CCCCN1Cc1ccccc1CNC(=O)C1CC12CCNCC2.Cl.Cl. The molecule has 1 spiro atoms. The molecule has 1 saturated carbocycles. The Kier molecular flexibility index (Phi) is 8.62. The van der Waals surface area contributed by atoms with Crippen molar-refractivity contribution in [3.8, 4) is 0 Å². The summed E-state index contributed by atoms with van der Waals surface area (Å²) in [5.74, 6) is 0.520. The number of rotatable bonds is 5. The lowest BCUT2D eigenvalue weighted by atomic mass is 9.91. The van der Waals surface area contributed by atoms with Gasteiger partial charge in [0.25, 0.3) is 0 Å². The molecule has 0 radical (unpaired) electrons. The summed E-state index contributed by atoms with van der Waals surface area (Å²) in [5, 5.41) is 6.65. The van der Waals surface area contributed by atoms with Gasteiger partial charge >= 0.3 is 0 Å². The van der Waals surface area contributed by atoms with Crippen molar-refractivity contribution in [2.75, 3.05) is 19.6 Å². The van der Waals surface area contributed by atoms with Crippen LogP contribution in [-0.2, 0) is 17.9 Å². The molecule has 158 valence electrons. The van der Waals surface area contributed by atoms with Crippen molar-refractivity contribution >= 4 is 30.7 Å². The van der Waals surface area contributed by atoms with Gasteiger partial charge in [0.1, 0.15) is 0 Å². The first-order chi connectivity index (χ1) is 12.7. The molecule has 6 heteroatoms. The van der Waals surface area contributed by atoms with Crippen molar-refractivity contribution < 1.29 is 4.79 Å². The summed E-state index contributed by atoms with van der Waals surface area (Å²) in [4.78, 5) is 15.3. The highest BCUT2D eigenvalue weighted by Crippen LogP contribution is 2.58. The molecule has 3 aliphatic rings. The predicted octanol–water partition coefficient (Wildman–Crippen LogP) is 3.91. The van der Waals surface area contributed by atoms with E-state index in [1.807, 2.05) is 0 Å². The molecule has 2 aliphatic heterocycles. The molecule has 2 atom stereocenters. The van der Waals surface area contributed by atoms with E-state index in [1.165, 1.54) is 36.9 Å². The fourth-order valence-electron chi connectivity index (χ4n) is 5.00. The summed E-state index contributed by atoms with van der Waals surface area (Å²) in [6.07, 6.45) is 7.38. The van der Waals surface area contributed by atoms with Crippen molar-refractivity contribution in [3.05, 3.63) is 35.4 Å².